The second kappa shape index (κ2) is 5.67. The molecule has 2 amide bonds. The van der Waals surface area contributed by atoms with Gasteiger partial charge in [0.15, 0.2) is 12.2 Å². The van der Waals surface area contributed by atoms with Crippen molar-refractivity contribution < 1.29 is 19.8 Å². The summed E-state index contributed by atoms with van der Waals surface area (Å²) in [6.07, 6.45) is -3.57. The Hall–Kier alpha value is -1.14. The lowest BCUT2D eigenvalue weighted by Crippen LogP contribution is -2.55. The Labute approximate surface area is 108 Å². The molecule has 0 aromatic carbocycles. The van der Waals surface area contributed by atoms with Crippen LogP contribution in [0.1, 0.15) is 41.5 Å². The lowest BCUT2D eigenvalue weighted by molar-refractivity contribution is -0.147. The Bertz CT molecular complexity index is 283. The molecule has 106 valence electrons. The zero-order chi connectivity index (χ0) is 14.7. The summed E-state index contributed by atoms with van der Waals surface area (Å²) in [4.78, 5) is 23.1. The predicted molar refractivity (Wildman–Crippen MR) is 67.8 cm³/mol. The minimum absolute atomic E-state index is 0.543. The van der Waals surface area contributed by atoms with Crippen LogP contribution in [0, 0.1) is 0 Å². The molecule has 18 heavy (non-hydrogen) atoms. The first-order valence-corrected chi connectivity index (χ1v) is 5.84. The van der Waals surface area contributed by atoms with Crippen LogP contribution in [-0.4, -0.2) is 45.3 Å². The van der Waals surface area contributed by atoms with Crippen molar-refractivity contribution in [2.75, 3.05) is 0 Å². The highest BCUT2D eigenvalue weighted by atomic mass is 16.3. The van der Waals surface area contributed by atoms with E-state index in [1.807, 2.05) is 0 Å². The van der Waals surface area contributed by atoms with Crippen molar-refractivity contribution in [2.24, 2.45) is 0 Å². The Balaban J connectivity index is 4.55. The average Bonchev–Trinajstić information content (AvgIpc) is 2.09. The standard InChI is InChI=1S/C12H24N2O4/c1-11(2,3)13-9(17)7(15)8(16)10(18)14-12(4,5)6/h7-8,15-16H,1-6H3,(H,13,17)(H,14,18). The third-order valence-electron chi connectivity index (χ3n) is 1.83. The normalized spacial score (nSPS) is 15.8. The minimum Gasteiger partial charge on any atom is -0.380 e. The maximum Gasteiger partial charge on any atom is 0.252 e. The Kier molecular flexibility index (Phi) is 5.31. The van der Waals surface area contributed by atoms with Gasteiger partial charge in [0.2, 0.25) is 0 Å². The SMILES string of the molecule is CC(C)(C)NC(=O)C(O)C(O)C(=O)NC(C)(C)C. The molecule has 0 aromatic heterocycles. The van der Waals surface area contributed by atoms with Crippen molar-refractivity contribution in [1.82, 2.24) is 10.6 Å². The van der Waals surface area contributed by atoms with Crippen LogP contribution >= 0.6 is 0 Å². The lowest BCUT2D eigenvalue weighted by Gasteiger charge is -2.26. The molecule has 0 heterocycles. The summed E-state index contributed by atoms with van der Waals surface area (Å²) in [6.45, 7) is 10.4. The Morgan fingerprint density at radius 1 is 0.778 bits per heavy atom. The molecule has 0 aliphatic carbocycles. The van der Waals surface area contributed by atoms with Crippen LogP contribution in [0.5, 0.6) is 0 Å². The zero-order valence-electron chi connectivity index (χ0n) is 11.9. The highest BCUT2D eigenvalue weighted by Gasteiger charge is 2.33. The van der Waals surface area contributed by atoms with E-state index in [9.17, 15) is 19.8 Å². The molecule has 0 fully saturated rings. The third kappa shape index (κ3) is 6.56. The number of aliphatic hydroxyl groups excluding tert-OH is 2. The summed E-state index contributed by atoms with van der Waals surface area (Å²) in [5.74, 6) is -1.56. The number of carbonyl (C=O) groups excluding carboxylic acids is 2. The summed E-state index contributed by atoms with van der Waals surface area (Å²) in [7, 11) is 0. The van der Waals surface area contributed by atoms with Gasteiger partial charge in [0, 0.05) is 11.1 Å². The molecule has 0 spiro atoms. The van der Waals surface area contributed by atoms with Gasteiger partial charge in [-0.1, -0.05) is 0 Å². The van der Waals surface area contributed by atoms with E-state index < -0.39 is 35.1 Å². The molecule has 0 saturated carbocycles. The summed E-state index contributed by atoms with van der Waals surface area (Å²) in [6, 6.07) is 0. The molecular weight excluding hydrogens is 236 g/mol. The van der Waals surface area contributed by atoms with Crippen molar-refractivity contribution in [3.05, 3.63) is 0 Å². The number of hydrogen-bond donors (Lipinski definition) is 4. The number of aliphatic hydroxyl groups is 2. The van der Waals surface area contributed by atoms with Gasteiger partial charge >= 0.3 is 0 Å². The highest BCUT2D eigenvalue weighted by Crippen LogP contribution is 2.04. The molecule has 0 radical (unpaired) electrons. The molecule has 0 saturated heterocycles. The van der Waals surface area contributed by atoms with Gasteiger partial charge in [0.05, 0.1) is 0 Å². The van der Waals surface area contributed by atoms with Crippen LogP contribution in [-0.2, 0) is 9.59 Å². The first kappa shape index (κ1) is 16.9. The Morgan fingerprint density at radius 2 is 1.00 bits per heavy atom. The summed E-state index contributed by atoms with van der Waals surface area (Å²) >= 11 is 0. The van der Waals surface area contributed by atoms with Crippen molar-refractivity contribution in [3.8, 4) is 0 Å². The van der Waals surface area contributed by atoms with Gasteiger partial charge < -0.3 is 20.8 Å². The first-order chi connectivity index (χ1) is 7.83. The largest absolute Gasteiger partial charge is 0.380 e. The van der Waals surface area contributed by atoms with E-state index >= 15 is 0 Å². The minimum atomic E-state index is -1.79. The molecule has 2 unspecified atom stereocenters. The smallest absolute Gasteiger partial charge is 0.252 e. The Morgan fingerprint density at radius 3 is 1.17 bits per heavy atom. The molecule has 6 heteroatoms. The van der Waals surface area contributed by atoms with Crippen molar-refractivity contribution >= 4 is 11.8 Å². The summed E-state index contributed by atoms with van der Waals surface area (Å²) < 4.78 is 0. The molecule has 0 rings (SSSR count). The van der Waals surface area contributed by atoms with Crippen LogP contribution in [0.4, 0.5) is 0 Å². The van der Waals surface area contributed by atoms with Crippen LogP contribution in [0.3, 0.4) is 0 Å². The molecule has 0 aliphatic heterocycles. The van der Waals surface area contributed by atoms with Crippen LogP contribution in [0.15, 0.2) is 0 Å². The number of amides is 2. The van der Waals surface area contributed by atoms with E-state index in [0.29, 0.717) is 0 Å². The molecule has 2 atom stereocenters. The van der Waals surface area contributed by atoms with Gasteiger partial charge in [-0.15, -0.1) is 0 Å². The van der Waals surface area contributed by atoms with E-state index in [2.05, 4.69) is 10.6 Å². The monoisotopic (exact) mass is 260 g/mol. The fourth-order valence-electron chi connectivity index (χ4n) is 1.17. The van der Waals surface area contributed by atoms with E-state index in [0.717, 1.165) is 0 Å². The van der Waals surface area contributed by atoms with Crippen LogP contribution in [0.25, 0.3) is 0 Å². The average molecular weight is 260 g/mol. The van der Waals surface area contributed by atoms with Gasteiger partial charge in [-0.25, -0.2) is 0 Å². The molecular formula is C12H24N2O4. The number of hydrogen-bond acceptors (Lipinski definition) is 4. The first-order valence-electron chi connectivity index (χ1n) is 5.84. The van der Waals surface area contributed by atoms with Crippen molar-refractivity contribution in [3.63, 3.8) is 0 Å². The van der Waals surface area contributed by atoms with E-state index in [-0.39, 0.29) is 0 Å². The van der Waals surface area contributed by atoms with Gasteiger partial charge in [-0.05, 0) is 41.5 Å². The molecule has 0 aromatic rings. The molecule has 0 bridgehead atoms. The van der Waals surface area contributed by atoms with Gasteiger partial charge in [0.25, 0.3) is 11.8 Å². The predicted octanol–water partition coefficient (Wildman–Crippen LogP) is -0.462. The highest BCUT2D eigenvalue weighted by molar-refractivity contribution is 5.91. The quantitative estimate of drug-likeness (QED) is 0.552. The number of rotatable bonds is 3. The molecule has 0 aliphatic rings. The summed E-state index contributed by atoms with van der Waals surface area (Å²) in [5, 5.41) is 24.2. The van der Waals surface area contributed by atoms with E-state index in [1.165, 1.54) is 0 Å². The third-order valence-corrected chi connectivity index (χ3v) is 1.83. The van der Waals surface area contributed by atoms with Crippen LogP contribution in [0.2, 0.25) is 0 Å². The van der Waals surface area contributed by atoms with Crippen molar-refractivity contribution in [2.45, 2.75) is 64.8 Å². The maximum atomic E-state index is 11.6. The van der Waals surface area contributed by atoms with Gasteiger partial charge in [-0.2, -0.15) is 0 Å². The second-order valence-corrected chi connectivity index (χ2v) is 6.37. The van der Waals surface area contributed by atoms with Crippen LogP contribution < -0.4 is 10.6 Å². The zero-order valence-corrected chi connectivity index (χ0v) is 11.9. The topological polar surface area (TPSA) is 98.7 Å². The fraction of sp³-hybridized carbons (Fsp3) is 0.833. The van der Waals surface area contributed by atoms with Gasteiger partial charge in [-0.3, -0.25) is 9.59 Å². The number of carbonyl (C=O) groups is 2. The van der Waals surface area contributed by atoms with Crippen molar-refractivity contribution in [1.29, 1.82) is 0 Å². The lowest BCUT2D eigenvalue weighted by atomic mass is 10.1. The molecule has 4 N–H and O–H groups in total. The van der Waals surface area contributed by atoms with Gasteiger partial charge in [0.1, 0.15) is 0 Å². The second-order valence-electron chi connectivity index (χ2n) is 6.37. The fourth-order valence-corrected chi connectivity index (χ4v) is 1.17. The maximum absolute atomic E-state index is 11.6. The summed E-state index contributed by atoms with van der Waals surface area (Å²) in [5.41, 5.74) is -1.09. The number of nitrogens with one attached hydrogen (secondary N) is 2. The van der Waals surface area contributed by atoms with E-state index in [1.54, 1.807) is 41.5 Å². The molecule has 6 nitrogen and oxygen atoms in total. The van der Waals surface area contributed by atoms with E-state index in [4.69, 9.17) is 0 Å².